The van der Waals surface area contributed by atoms with Gasteiger partial charge in [0.05, 0.1) is 11.9 Å². The quantitative estimate of drug-likeness (QED) is 0.358. The molecule has 4 aromatic rings. The summed E-state index contributed by atoms with van der Waals surface area (Å²) in [5.41, 5.74) is 5.70. The van der Waals surface area contributed by atoms with E-state index in [1.54, 1.807) is 0 Å². The van der Waals surface area contributed by atoms with Gasteiger partial charge in [0.25, 0.3) is 0 Å². The minimum absolute atomic E-state index is 0.132. The number of nitrogens with zero attached hydrogens (tertiary/aromatic N) is 2. The molecule has 4 rings (SSSR count). The molecule has 0 bridgehead atoms. The Morgan fingerprint density at radius 2 is 1.62 bits per heavy atom. The molecule has 34 heavy (non-hydrogen) atoms. The van der Waals surface area contributed by atoms with Crippen molar-refractivity contribution in [3.8, 4) is 0 Å². The Balaban J connectivity index is 1.46. The lowest BCUT2D eigenvalue weighted by Crippen LogP contribution is -2.31. The zero-order valence-electron chi connectivity index (χ0n) is 20.1. The Hall–Kier alpha value is -3.32. The number of anilines is 2. The van der Waals surface area contributed by atoms with Crippen LogP contribution in [-0.4, -0.2) is 31.7 Å². The van der Waals surface area contributed by atoms with E-state index in [0.717, 1.165) is 39.6 Å². The highest BCUT2D eigenvalue weighted by molar-refractivity contribution is 7.92. The normalized spacial score (nSPS) is 11.8. The number of carbonyl (C=O) groups excluding carboxylic acids is 1. The first-order valence-electron chi connectivity index (χ1n) is 11.5. The van der Waals surface area contributed by atoms with Gasteiger partial charge in [0.1, 0.15) is 0 Å². The number of hydrogen-bond donors (Lipinski definition) is 1. The van der Waals surface area contributed by atoms with Crippen molar-refractivity contribution >= 4 is 49.1 Å². The van der Waals surface area contributed by atoms with Crippen molar-refractivity contribution in [1.82, 2.24) is 4.57 Å². The number of carbonyl (C=O) groups is 1. The summed E-state index contributed by atoms with van der Waals surface area (Å²) in [5, 5.41) is 5.25. The molecular weight excluding hydrogens is 446 g/mol. The van der Waals surface area contributed by atoms with Gasteiger partial charge in [-0.05, 0) is 74.7 Å². The van der Waals surface area contributed by atoms with Crippen LogP contribution in [0.15, 0.2) is 60.7 Å². The number of amides is 1. The summed E-state index contributed by atoms with van der Waals surface area (Å²) in [6, 6.07) is 20.0. The lowest BCUT2D eigenvalue weighted by Gasteiger charge is -2.23. The molecule has 7 heteroatoms. The van der Waals surface area contributed by atoms with E-state index in [0.29, 0.717) is 12.1 Å². The molecular formula is C27H31N3O3S. The molecule has 1 amide bonds. The molecule has 0 saturated carbocycles. The molecule has 0 atom stereocenters. The average Bonchev–Trinajstić information content (AvgIpc) is 3.08. The number of benzene rings is 3. The summed E-state index contributed by atoms with van der Waals surface area (Å²) >= 11 is 0. The predicted molar refractivity (Wildman–Crippen MR) is 141 cm³/mol. The molecule has 0 aliphatic carbocycles. The summed E-state index contributed by atoms with van der Waals surface area (Å²) < 4.78 is 28.5. The number of para-hydroxylation sites is 1. The first kappa shape index (κ1) is 23.8. The van der Waals surface area contributed by atoms with Gasteiger partial charge >= 0.3 is 0 Å². The van der Waals surface area contributed by atoms with Crippen LogP contribution in [0.2, 0.25) is 0 Å². The summed E-state index contributed by atoms with van der Waals surface area (Å²) in [6.07, 6.45) is 1.85. The molecule has 0 fully saturated rings. The molecule has 1 aromatic heterocycles. The van der Waals surface area contributed by atoms with E-state index in [4.69, 9.17) is 0 Å². The number of hydrogen-bond acceptors (Lipinski definition) is 3. The van der Waals surface area contributed by atoms with Crippen molar-refractivity contribution < 1.29 is 13.2 Å². The van der Waals surface area contributed by atoms with Gasteiger partial charge in [-0.1, -0.05) is 24.3 Å². The van der Waals surface area contributed by atoms with Crippen molar-refractivity contribution in [3.63, 3.8) is 0 Å². The number of sulfonamides is 1. The second-order valence-electron chi connectivity index (χ2n) is 8.83. The van der Waals surface area contributed by atoms with E-state index in [1.165, 1.54) is 16.1 Å². The van der Waals surface area contributed by atoms with Crippen molar-refractivity contribution in [3.05, 3.63) is 71.8 Å². The molecule has 3 aromatic carbocycles. The van der Waals surface area contributed by atoms with Crippen molar-refractivity contribution in [2.75, 3.05) is 22.4 Å². The second-order valence-corrected chi connectivity index (χ2v) is 10.7. The highest BCUT2D eigenvalue weighted by Crippen LogP contribution is 2.31. The fraction of sp³-hybridized carbons (Fsp3) is 0.296. The maximum absolute atomic E-state index is 12.7. The van der Waals surface area contributed by atoms with E-state index in [9.17, 15) is 13.2 Å². The van der Waals surface area contributed by atoms with Crippen LogP contribution in [0.4, 0.5) is 11.4 Å². The molecule has 0 aliphatic heterocycles. The highest BCUT2D eigenvalue weighted by Gasteiger charge is 2.18. The number of rotatable bonds is 8. The maximum Gasteiger partial charge on any atom is 0.232 e. The summed E-state index contributed by atoms with van der Waals surface area (Å²) in [4.78, 5) is 12.7. The Bertz CT molecular complexity index is 1450. The van der Waals surface area contributed by atoms with Gasteiger partial charge in [-0.3, -0.25) is 9.10 Å². The largest absolute Gasteiger partial charge is 0.341 e. The van der Waals surface area contributed by atoms with Crippen LogP contribution in [0.3, 0.4) is 0 Å². The van der Waals surface area contributed by atoms with Crippen molar-refractivity contribution in [2.24, 2.45) is 0 Å². The summed E-state index contributed by atoms with van der Waals surface area (Å²) in [7, 11) is -3.45. The molecule has 6 nitrogen and oxygen atoms in total. The van der Waals surface area contributed by atoms with Gasteiger partial charge < -0.3 is 9.88 Å². The van der Waals surface area contributed by atoms with Crippen LogP contribution >= 0.6 is 0 Å². The van der Waals surface area contributed by atoms with Gasteiger partial charge in [-0.25, -0.2) is 8.42 Å². The topological polar surface area (TPSA) is 71.4 Å². The maximum atomic E-state index is 12.7. The fourth-order valence-corrected chi connectivity index (χ4v) is 5.61. The third kappa shape index (κ3) is 4.94. The zero-order valence-corrected chi connectivity index (χ0v) is 20.9. The minimum Gasteiger partial charge on any atom is -0.341 e. The van der Waals surface area contributed by atoms with Crippen LogP contribution in [0, 0.1) is 13.8 Å². The van der Waals surface area contributed by atoms with Crippen LogP contribution in [0.25, 0.3) is 21.8 Å². The molecule has 1 N–H and O–H groups in total. The number of aryl methyl sites for hydroxylation is 3. The lowest BCUT2D eigenvalue weighted by molar-refractivity contribution is -0.116. The smallest absolute Gasteiger partial charge is 0.232 e. The monoisotopic (exact) mass is 477 g/mol. The average molecular weight is 478 g/mol. The van der Waals surface area contributed by atoms with Crippen LogP contribution in [-0.2, 0) is 21.4 Å². The lowest BCUT2D eigenvalue weighted by atomic mass is 10.1. The Labute approximate surface area is 201 Å². The van der Waals surface area contributed by atoms with Gasteiger partial charge in [0.15, 0.2) is 0 Å². The first-order chi connectivity index (χ1) is 16.2. The molecule has 0 unspecified atom stereocenters. The van der Waals surface area contributed by atoms with Crippen LogP contribution < -0.4 is 9.62 Å². The van der Waals surface area contributed by atoms with Crippen molar-refractivity contribution in [1.29, 1.82) is 0 Å². The molecule has 0 aliphatic rings. The van der Waals surface area contributed by atoms with Gasteiger partial charge in [-0.2, -0.15) is 0 Å². The van der Waals surface area contributed by atoms with Gasteiger partial charge in [0.2, 0.25) is 15.9 Å². The van der Waals surface area contributed by atoms with Crippen molar-refractivity contribution in [2.45, 2.75) is 40.2 Å². The summed E-state index contributed by atoms with van der Waals surface area (Å²) in [5.74, 6) is -0.132. The first-order valence-corrected chi connectivity index (χ1v) is 13.4. The fourth-order valence-electron chi connectivity index (χ4n) is 4.66. The van der Waals surface area contributed by atoms with Crippen LogP contribution in [0.1, 0.15) is 30.9 Å². The van der Waals surface area contributed by atoms with E-state index in [-0.39, 0.29) is 18.9 Å². The zero-order chi connectivity index (χ0) is 24.5. The van der Waals surface area contributed by atoms with E-state index in [2.05, 4.69) is 28.9 Å². The van der Waals surface area contributed by atoms with E-state index in [1.807, 2.05) is 62.4 Å². The second kappa shape index (κ2) is 9.50. The molecule has 0 saturated heterocycles. The van der Waals surface area contributed by atoms with Gasteiger partial charge in [-0.15, -0.1) is 0 Å². The molecule has 1 heterocycles. The Morgan fingerprint density at radius 1 is 0.941 bits per heavy atom. The van der Waals surface area contributed by atoms with E-state index < -0.39 is 10.0 Å². The minimum atomic E-state index is -3.45. The highest BCUT2D eigenvalue weighted by atomic mass is 32.2. The van der Waals surface area contributed by atoms with E-state index >= 15 is 0 Å². The third-order valence-electron chi connectivity index (χ3n) is 6.03. The van der Waals surface area contributed by atoms with Crippen LogP contribution in [0.5, 0.6) is 0 Å². The number of nitrogens with one attached hydrogen (secondary N) is 1. The Morgan fingerprint density at radius 3 is 2.29 bits per heavy atom. The number of aromatic nitrogens is 1. The molecule has 0 radical (unpaired) electrons. The standard InChI is InChI=1S/C27H31N3O3S/c1-5-29-25-10-7-6-9-23(25)24-18-21(12-13-26(24)29)28-27(31)11-8-14-30(34(4,32)33)22-16-19(2)15-20(3)17-22/h6-7,9-10,12-13,15-18H,5,8,11,14H2,1-4H3,(H,28,31). The van der Waals surface area contributed by atoms with Gasteiger partial charge in [0, 0.05) is 47.0 Å². The predicted octanol–water partition coefficient (Wildman–Crippen LogP) is 5.62. The summed E-state index contributed by atoms with van der Waals surface area (Å²) in [6.45, 7) is 7.13. The third-order valence-corrected chi connectivity index (χ3v) is 7.23. The SMILES string of the molecule is CCn1c2ccccc2c2cc(NC(=O)CCCN(c3cc(C)cc(C)c3)S(C)(=O)=O)ccc21. The Kier molecular flexibility index (Phi) is 6.66. The molecule has 178 valence electrons. The molecule has 0 spiro atoms. The number of fused-ring (bicyclic) bond motifs is 3.